The van der Waals surface area contributed by atoms with Gasteiger partial charge in [0.05, 0.1) is 10.5 Å². The Balaban J connectivity index is 2.53. The second-order valence-corrected chi connectivity index (χ2v) is 4.53. The summed E-state index contributed by atoms with van der Waals surface area (Å²) in [6, 6.07) is 9.41. The number of carbonyl (C=O) groups excluding carboxylic acids is 1. The molecule has 0 fully saturated rings. The van der Waals surface area contributed by atoms with E-state index in [2.05, 4.69) is 0 Å². The fraction of sp³-hybridized carbons (Fsp3) is 0. The van der Waals surface area contributed by atoms with Crippen molar-refractivity contribution in [3.63, 3.8) is 0 Å². The topological polar surface area (TPSA) is 94.7 Å². The van der Waals surface area contributed by atoms with E-state index in [1.807, 2.05) is 0 Å². The van der Waals surface area contributed by atoms with Gasteiger partial charge < -0.3 is 5.11 Å². The van der Waals surface area contributed by atoms with E-state index in [4.69, 9.17) is 21.9 Å². The van der Waals surface area contributed by atoms with E-state index in [1.165, 1.54) is 36.4 Å². The molecule has 2 aromatic rings. The lowest BCUT2D eigenvalue weighted by Gasteiger charge is -2.05. The molecule has 0 aliphatic heterocycles. The molecule has 0 spiro atoms. The minimum Gasteiger partial charge on any atom is -0.478 e. The number of nitrogens with zero attached hydrogens (tertiary/aromatic N) is 1. The Morgan fingerprint density at radius 2 is 1.67 bits per heavy atom. The third-order valence-corrected chi connectivity index (χ3v) is 3.14. The van der Waals surface area contributed by atoms with Gasteiger partial charge in [0, 0.05) is 17.2 Å². The third-order valence-electron chi connectivity index (χ3n) is 2.82. The Bertz CT molecular complexity index is 757. The van der Waals surface area contributed by atoms with E-state index in [0.717, 1.165) is 6.07 Å². The van der Waals surface area contributed by atoms with Crippen LogP contribution in [0.3, 0.4) is 0 Å². The van der Waals surface area contributed by atoms with E-state index in [9.17, 15) is 14.5 Å². The van der Waals surface area contributed by atoms with Gasteiger partial charge in [-0.05, 0) is 18.2 Å². The van der Waals surface area contributed by atoms with Crippen molar-refractivity contribution in [1.29, 1.82) is 0 Å². The van der Waals surface area contributed by atoms with E-state index in [0.29, 0.717) is 0 Å². The molecule has 7 heteroatoms. The Morgan fingerprint density at radius 1 is 1.05 bits per heavy atom. The quantitative estimate of drug-likeness (QED) is 0.668. The zero-order valence-electron chi connectivity index (χ0n) is 10.5. The summed E-state index contributed by atoms with van der Waals surface area (Å²) in [4.78, 5) is 33.9. The summed E-state index contributed by atoms with van der Waals surface area (Å²) >= 11 is 5.72. The highest BCUT2D eigenvalue weighted by atomic mass is 35.5. The first-order valence-corrected chi connectivity index (χ1v) is 6.12. The van der Waals surface area contributed by atoms with Crippen LogP contribution in [-0.2, 0) is 0 Å². The van der Waals surface area contributed by atoms with Gasteiger partial charge in [-0.25, -0.2) is 10.0 Å². The maximum Gasteiger partial charge on any atom is 0.336 e. The normalized spacial score (nSPS) is 10.1. The van der Waals surface area contributed by atoms with Crippen LogP contribution in [0.1, 0.15) is 26.3 Å². The second kappa shape index (κ2) is 5.72. The molecular weight excluding hydrogens is 298 g/mol. The number of rotatable bonds is 4. The van der Waals surface area contributed by atoms with E-state index in [1.54, 1.807) is 0 Å². The molecule has 0 unspecified atom stereocenters. The van der Waals surface area contributed by atoms with E-state index in [-0.39, 0.29) is 27.4 Å². The minimum absolute atomic E-state index is 0.0198. The average molecular weight is 307 g/mol. The minimum atomic E-state index is -1.24. The maximum absolute atomic E-state index is 12.3. The van der Waals surface area contributed by atoms with Crippen molar-refractivity contribution in [1.82, 2.24) is 0 Å². The van der Waals surface area contributed by atoms with Crippen LogP contribution in [0.25, 0.3) is 0 Å². The lowest BCUT2D eigenvalue weighted by molar-refractivity contribution is -0.729. The number of carboxylic acid groups (broad SMARTS) is 1. The second-order valence-electron chi connectivity index (χ2n) is 4.12. The molecule has 0 bridgehead atoms. The van der Waals surface area contributed by atoms with Gasteiger partial charge in [-0.1, -0.05) is 29.8 Å². The molecule has 6 nitrogen and oxygen atoms in total. The van der Waals surface area contributed by atoms with Gasteiger partial charge in [-0.15, -0.1) is 0 Å². The number of halogens is 1. The lowest BCUT2D eigenvalue weighted by atomic mass is 9.98. The highest BCUT2D eigenvalue weighted by molar-refractivity contribution is 6.32. The molecule has 21 heavy (non-hydrogen) atoms. The van der Waals surface area contributed by atoms with Crippen molar-refractivity contribution in [2.24, 2.45) is 0 Å². The lowest BCUT2D eigenvalue weighted by Crippen LogP contribution is -2.10. The van der Waals surface area contributed by atoms with E-state index < -0.39 is 16.7 Å². The molecule has 0 amide bonds. The van der Waals surface area contributed by atoms with Crippen molar-refractivity contribution >= 4 is 29.0 Å². The molecule has 0 atom stereocenters. The van der Waals surface area contributed by atoms with Crippen LogP contribution in [0, 0.1) is 4.91 Å². The number of benzene rings is 2. The van der Waals surface area contributed by atoms with Crippen molar-refractivity contribution in [2.45, 2.75) is 0 Å². The Morgan fingerprint density at radius 3 is 2.24 bits per heavy atom. The summed E-state index contributed by atoms with van der Waals surface area (Å²) in [6.45, 7) is 0. The molecule has 0 saturated carbocycles. The van der Waals surface area contributed by atoms with Crippen molar-refractivity contribution in [3.05, 3.63) is 69.1 Å². The summed E-state index contributed by atoms with van der Waals surface area (Å²) in [5, 5.41) is 18.0. The Labute approximate surface area is 123 Å². The van der Waals surface area contributed by atoms with Crippen LogP contribution < -0.4 is 0 Å². The van der Waals surface area contributed by atoms with Gasteiger partial charge in [-0.2, -0.15) is 0 Å². The van der Waals surface area contributed by atoms with Gasteiger partial charge in [0.2, 0.25) is 0 Å². The molecular formula is C14H9ClNO5+. The predicted molar refractivity (Wildman–Crippen MR) is 73.4 cm³/mol. The zero-order valence-corrected chi connectivity index (χ0v) is 11.2. The number of ketones is 1. The average Bonchev–Trinajstić information content (AvgIpc) is 2.46. The molecule has 0 heterocycles. The standard InChI is InChI=1S/C14H8ClNO5/c15-11-6-5-8(7-12(11)16(20)21)13(17)9-3-1-2-4-10(9)14(18)19/h1-7H,(H-,18,19,20,21)/p+1. The number of carbonyl (C=O) groups is 2. The van der Waals surface area contributed by atoms with Gasteiger partial charge in [-0.3, -0.25) is 4.79 Å². The van der Waals surface area contributed by atoms with Crippen LogP contribution >= 0.6 is 11.6 Å². The third kappa shape index (κ3) is 2.90. The van der Waals surface area contributed by atoms with Crippen LogP contribution in [0.4, 0.5) is 5.69 Å². The van der Waals surface area contributed by atoms with Gasteiger partial charge >= 0.3 is 11.7 Å². The van der Waals surface area contributed by atoms with Crippen LogP contribution in [0.5, 0.6) is 0 Å². The smallest absolute Gasteiger partial charge is 0.336 e. The van der Waals surface area contributed by atoms with Crippen LogP contribution in [-0.4, -0.2) is 27.0 Å². The van der Waals surface area contributed by atoms with Crippen LogP contribution in [0.15, 0.2) is 42.5 Å². The Kier molecular flexibility index (Phi) is 4.00. The molecule has 0 saturated heterocycles. The predicted octanol–water partition coefficient (Wildman–Crippen LogP) is 3.07. The first-order valence-electron chi connectivity index (χ1n) is 5.74. The number of hydrogen-bond acceptors (Lipinski definition) is 3. The zero-order chi connectivity index (χ0) is 15.6. The van der Waals surface area contributed by atoms with E-state index >= 15 is 0 Å². The summed E-state index contributed by atoms with van der Waals surface area (Å²) in [6.07, 6.45) is 0. The summed E-state index contributed by atoms with van der Waals surface area (Å²) in [5.74, 6) is -1.83. The van der Waals surface area contributed by atoms with Crippen molar-refractivity contribution in [2.75, 3.05) is 0 Å². The van der Waals surface area contributed by atoms with Gasteiger partial charge in [0.1, 0.15) is 5.02 Å². The fourth-order valence-corrected chi connectivity index (χ4v) is 2.01. The summed E-state index contributed by atoms with van der Waals surface area (Å²) < 4.78 is 0. The first kappa shape index (κ1) is 14.7. The van der Waals surface area contributed by atoms with Gasteiger partial charge in [0.15, 0.2) is 5.78 Å². The first-order chi connectivity index (χ1) is 9.91. The SMILES string of the molecule is O=C(O)c1ccccc1C(=O)c1ccc(Cl)c([N+](=O)O)c1. The Hall–Kier alpha value is -2.73. The largest absolute Gasteiger partial charge is 0.478 e. The molecule has 0 aliphatic carbocycles. The molecule has 2 N–H and O–H groups in total. The summed E-state index contributed by atoms with van der Waals surface area (Å²) in [5.41, 5.74) is -0.427. The maximum atomic E-state index is 12.3. The fourth-order valence-electron chi connectivity index (χ4n) is 1.82. The molecule has 0 radical (unpaired) electrons. The van der Waals surface area contributed by atoms with Crippen LogP contribution in [0.2, 0.25) is 5.02 Å². The van der Waals surface area contributed by atoms with Gasteiger partial charge in [0.25, 0.3) is 4.92 Å². The number of hydrogen-bond donors (Lipinski definition) is 2. The van der Waals surface area contributed by atoms with Crippen molar-refractivity contribution < 1.29 is 24.8 Å². The molecule has 0 aliphatic rings. The highest BCUT2D eigenvalue weighted by Crippen LogP contribution is 2.26. The summed E-state index contributed by atoms with van der Waals surface area (Å²) in [7, 11) is 0. The molecule has 106 valence electrons. The number of aromatic carboxylic acids is 1. The monoisotopic (exact) mass is 306 g/mol. The highest BCUT2D eigenvalue weighted by Gasteiger charge is 2.23. The molecule has 2 rings (SSSR count). The molecule has 0 aromatic heterocycles. The number of carboxylic acids is 1. The van der Waals surface area contributed by atoms with Crippen molar-refractivity contribution in [3.8, 4) is 0 Å². The molecule has 2 aromatic carbocycles.